The predicted molar refractivity (Wildman–Crippen MR) is 113 cm³/mol. The van der Waals surface area contributed by atoms with E-state index in [2.05, 4.69) is 21.4 Å². The lowest BCUT2D eigenvalue weighted by Gasteiger charge is -2.33. The summed E-state index contributed by atoms with van der Waals surface area (Å²) in [5.74, 6) is 0.493. The van der Waals surface area contributed by atoms with Gasteiger partial charge in [-0.05, 0) is 37.3 Å². The van der Waals surface area contributed by atoms with Crippen LogP contribution in [-0.2, 0) is 24.3 Å². The molecule has 1 atom stereocenters. The maximum Gasteiger partial charge on any atom is 0.254 e. The lowest BCUT2D eigenvalue weighted by Crippen LogP contribution is -2.41. The molecule has 0 saturated heterocycles. The standard InChI is InChI=1S/C23H22N6O2/c1-16-22-27-20(12-21(30)26-14-19-7-2-3-8-25-19)15-28(22)9-10-29(16)23(31)18-6-4-5-17(11-18)13-24/h2-8,11,15-16H,9-10,12,14H2,1H3,(H,26,30)/t16-/m0/s1. The van der Waals surface area contributed by atoms with Gasteiger partial charge in [0.15, 0.2) is 0 Å². The Bertz CT molecular complexity index is 1150. The lowest BCUT2D eigenvalue weighted by atomic mass is 10.1. The third kappa shape index (κ3) is 4.46. The molecule has 31 heavy (non-hydrogen) atoms. The van der Waals surface area contributed by atoms with E-state index in [1.807, 2.05) is 35.9 Å². The van der Waals surface area contributed by atoms with Crippen molar-refractivity contribution in [3.05, 3.63) is 83.2 Å². The molecule has 0 fully saturated rings. The Morgan fingerprint density at radius 1 is 1.19 bits per heavy atom. The first kappa shape index (κ1) is 20.3. The molecule has 3 heterocycles. The molecule has 3 aromatic rings. The summed E-state index contributed by atoms with van der Waals surface area (Å²) < 4.78 is 2.00. The van der Waals surface area contributed by atoms with Crippen molar-refractivity contribution in [2.24, 2.45) is 0 Å². The third-order valence-electron chi connectivity index (χ3n) is 5.31. The van der Waals surface area contributed by atoms with E-state index >= 15 is 0 Å². The van der Waals surface area contributed by atoms with E-state index < -0.39 is 0 Å². The Morgan fingerprint density at radius 2 is 2.06 bits per heavy atom. The van der Waals surface area contributed by atoms with Crippen molar-refractivity contribution in [2.75, 3.05) is 6.54 Å². The topological polar surface area (TPSA) is 104 Å². The summed E-state index contributed by atoms with van der Waals surface area (Å²) in [5.41, 5.74) is 2.40. The van der Waals surface area contributed by atoms with Crippen molar-refractivity contribution in [1.82, 2.24) is 24.8 Å². The Labute approximate surface area is 180 Å². The van der Waals surface area contributed by atoms with Crippen LogP contribution < -0.4 is 5.32 Å². The van der Waals surface area contributed by atoms with Crippen molar-refractivity contribution in [3.8, 4) is 6.07 Å². The summed E-state index contributed by atoms with van der Waals surface area (Å²) >= 11 is 0. The van der Waals surface area contributed by atoms with E-state index in [1.165, 1.54) is 0 Å². The minimum atomic E-state index is -0.239. The first-order chi connectivity index (χ1) is 15.0. The summed E-state index contributed by atoms with van der Waals surface area (Å²) in [7, 11) is 0. The molecule has 2 aromatic heterocycles. The molecule has 0 aliphatic carbocycles. The zero-order valence-electron chi connectivity index (χ0n) is 17.2. The van der Waals surface area contributed by atoms with Crippen molar-refractivity contribution in [1.29, 1.82) is 5.26 Å². The number of imidazole rings is 1. The summed E-state index contributed by atoms with van der Waals surface area (Å²) in [6.45, 7) is 3.43. The second-order valence-electron chi connectivity index (χ2n) is 7.43. The van der Waals surface area contributed by atoms with Crippen molar-refractivity contribution >= 4 is 11.8 Å². The first-order valence-electron chi connectivity index (χ1n) is 10.1. The van der Waals surface area contributed by atoms with Crippen LogP contribution >= 0.6 is 0 Å². The Morgan fingerprint density at radius 3 is 2.84 bits per heavy atom. The highest BCUT2D eigenvalue weighted by Gasteiger charge is 2.30. The van der Waals surface area contributed by atoms with E-state index in [0.29, 0.717) is 36.5 Å². The molecule has 4 rings (SSSR count). The zero-order chi connectivity index (χ0) is 21.8. The number of amides is 2. The van der Waals surface area contributed by atoms with Crippen molar-refractivity contribution in [3.63, 3.8) is 0 Å². The number of pyridine rings is 1. The largest absolute Gasteiger partial charge is 0.350 e. The molecule has 1 aliphatic rings. The van der Waals surface area contributed by atoms with Gasteiger partial charge in [-0.25, -0.2) is 4.98 Å². The molecule has 0 spiro atoms. The molecule has 1 N–H and O–H groups in total. The van der Waals surface area contributed by atoms with Gasteiger partial charge in [-0.1, -0.05) is 12.1 Å². The number of hydrogen-bond acceptors (Lipinski definition) is 5. The van der Waals surface area contributed by atoms with E-state index in [4.69, 9.17) is 5.26 Å². The quantitative estimate of drug-likeness (QED) is 0.689. The molecule has 1 aromatic carbocycles. The molecule has 0 saturated carbocycles. The average molecular weight is 414 g/mol. The van der Waals surface area contributed by atoms with Crippen molar-refractivity contribution < 1.29 is 9.59 Å². The molecule has 0 unspecified atom stereocenters. The third-order valence-corrected chi connectivity index (χ3v) is 5.31. The van der Waals surface area contributed by atoms with E-state index in [-0.39, 0.29) is 24.3 Å². The lowest BCUT2D eigenvalue weighted by molar-refractivity contribution is -0.120. The van der Waals surface area contributed by atoms with Crippen molar-refractivity contribution in [2.45, 2.75) is 32.5 Å². The molecule has 2 amide bonds. The van der Waals surface area contributed by atoms with E-state index in [9.17, 15) is 9.59 Å². The highest BCUT2D eigenvalue weighted by molar-refractivity contribution is 5.94. The fraction of sp³-hybridized carbons (Fsp3) is 0.261. The normalized spacial score (nSPS) is 15.1. The van der Waals surface area contributed by atoms with Gasteiger partial charge in [0, 0.05) is 31.0 Å². The minimum absolute atomic E-state index is 0.130. The molecule has 0 radical (unpaired) electrons. The highest BCUT2D eigenvalue weighted by Crippen LogP contribution is 2.26. The second kappa shape index (κ2) is 8.79. The van der Waals surface area contributed by atoms with Gasteiger partial charge in [-0.15, -0.1) is 0 Å². The van der Waals surface area contributed by atoms with E-state index in [0.717, 1.165) is 11.5 Å². The van der Waals surface area contributed by atoms with Crippen LogP contribution in [0, 0.1) is 11.3 Å². The number of nitrogens with one attached hydrogen (secondary N) is 1. The van der Waals surface area contributed by atoms with Gasteiger partial charge >= 0.3 is 0 Å². The molecule has 156 valence electrons. The predicted octanol–water partition coefficient (Wildman–Crippen LogP) is 2.23. The molecule has 8 nitrogen and oxygen atoms in total. The van der Waals surface area contributed by atoms with Crippen LogP contribution in [-0.4, -0.2) is 37.8 Å². The number of carbonyl (C=O) groups excluding carboxylic acids is 2. The molecule has 1 aliphatic heterocycles. The maximum absolute atomic E-state index is 13.0. The van der Waals surface area contributed by atoms with Crippen LogP contribution in [0.2, 0.25) is 0 Å². The molecular weight excluding hydrogens is 392 g/mol. The van der Waals surface area contributed by atoms with Crippen LogP contribution in [0.4, 0.5) is 0 Å². The van der Waals surface area contributed by atoms with Gasteiger partial charge < -0.3 is 14.8 Å². The number of rotatable bonds is 5. The number of nitriles is 1. The summed E-state index contributed by atoms with van der Waals surface area (Å²) in [5, 5.41) is 11.9. The summed E-state index contributed by atoms with van der Waals surface area (Å²) in [6.07, 6.45) is 3.73. The fourth-order valence-electron chi connectivity index (χ4n) is 3.72. The summed E-state index contributed by atoms with van der Waals surface area (Å²) in [6, 6.07) is 14.1. The minimum Gasteiger partial charge on any atom is -0.350 e. The summed E-state index contributed by atoms with van der Waals surface area (Å²) in [4.78, 5) is 35.9. The molecule has 0 bridgehead atoms. The molecule has 8 heteroatoms. The first-order valence-corrected chi connectivity index (χ1v) is 10.1. The zero-order valence-corrected chi connectivity index (χ0v) is 17.2. The van der Waals surface area contributed by atoms with Crippen LogP contribution in [0.5, 0.6) is 0 Å². The van der Waals surface area contributed by atoms with Gasteiger partial charge in [0.1, 0.15) is 5.82 Å². The van der Waals surface area contributed by atoms with Gasteiger partial charge in [0.05, 0.1) is 42.0 Å². The van der Waals surface area contributed by atoms with Gasteiger partial charge in [0.2, 0.25) is 5.91 Å². The monoisotopic (exact) mass is 414 g/mol. The smallest absolute Gasteiger partial charge is 0.254 e. The SMILES string of the molecule is C[C@H]1c2nc(CC(=O)NCc3ccccn3)cn2CCN1C(=O)c1cccc(C#N)c1. The van der Waals surface area contributed by atoms with Crippen LogP contribution in [0.15, 0.2) is 54.9 Å². The van der Waals surface area contributed by atoms with E-state index in [1.54, 1.807) is 35.4 Å². The number of nitrogens with zero attached hydrogens (tertiary/aromatic N) is 5. The number of aromatic nitrogens is 3. The fourth-order valence-corrected chi connectivity index (χ4v) is 3.72. The Hall–Kier alpha value is -3.99. The number of fused-ring (bicyclic) bond motifs is 1. The Balaban J connectivity index is 1.42. The number of hydrogen-bond donors (Lipinski definition) is 1. The van der Waals surface area contributed by atoms with Gasteiger partial charge in [0.25, 0.3) is 5.91 Å². The number of benzene rings is 1. The van der Waals surface area contributed by atoms with Crippen LogP contribution in [0.25, 0.3) is 0 Å². The van der Waals surface area contributed by atoms with Crippen LogP contribution in [0.3, 0.4) is 0 Å². The second-order valence-corrected chi connectivity index (χ2v) is 7.43. The number of carbonyl (C=O) groups is 2. The Kier molecular flexibility index (Phi) is 5.76. The highest BCUT2D eigenvalue weighted by atomic mass is 16.2. The average Bonchev–Trinajstić information content (AvgIpc) is 3.21. The molecular formula is C23H22N6O2. The van der Waals surface area contributed by atoms with Gasteiger partial charge in [-0.2, -0.15) is 5.26 Å². The maximum atomic E-state index is 13.0. The van der Waals surface area contributed by atoms with Crippen LogP contribution in [0.1, 0.15) is 46.1 Å². The van der Waals surface area contributed by atoms with Gasteiger partial charge in [-0.3, -0.25) is 14.6 Å².